The molecule has 0 saturated carbocycles. The van der Waals surface area contributed by atoms with Crippen molar-refractivity contribution < 1.29 is 9.53 Å². The first-order valence-corrected chi connectivity index (χ1v) is 9.42. The van der Waals surface area contributed by atoms with E-state index in [0.29, 0.717) is 33.2 Å². The van der Waals surface area contributed by atoms with E-state index in [2.05, 4.69) is 15.4 Å². The van der Waals surface area contributed by atoms with Gasteiger partial charge in [-0.2, -0.15) is 5.10 Å². The van der Waals surface area contributed by atoms with Gasteiger partial charge in [-0.15, -0.1) is 0 Å². The van der Waals surface area contributed by atoms with Crippen molar-refractivity contribution >= 4 is 34.2 Å². The number of hydrogen-bond acceptors (Lipinski definition) is 4. The molecule has 0 aliphatic heterocycles. The molecule has 1 N–H and O–H groups in total. The number of halogens is 1. The number of methoxy groups -OCH3 is 1. The van der Waals surface area contributed by atoms with Crippen LogP contribution >= 0.6 is 11.6 Å². The molecule has 7 heteroatoms. The molecule has 6 nitrogen and oxygen atoms in total. The minimum atomic E-state index is -0.361. The number of hydrogen-bond donors (Lipinski definition) is 1. The van der Waals surface area contributed by atoms with Gasteiger partial charge < -0.3 is 10.1 Å². The number of ether oxygens (including phenoxy) is 1. The Balaban J connectivity index is 1.76. The van der Waals surface area contributed by atoms with Crippen molar-refractivity contribution in [2.75, 3.05) is 12.4 Å². The summed E-state index contributed by atoms with van der Waals surface area (Å²) in [5.41, 5.74) is 4.02. The number of carbonyl (C=O) groups excluding carboxylic acids is 1. The number of amides is 1. The lowest BCUT2D eigenvalue weighted by molar-refractivity contribution is 0.102. The number of aryl methyl sites for hydroxylation is 2. The van der Waals surface area contributed by atoms with Crippen LogP contribution < -0.4 is 10.1 Å². The molecule has 0 fully saturated rings. The van der Waals surface area contributed by atoms with Crippen LogP contribution in [-0.4, -0.2) is 27.8 Å². The van der Waals surface area contributed by atoms with Gasteiger partial charge in [0.2, 0.25) is 0 Å². The van der Waals surface area contributed by atoms with Crippen molar-refractivity contribution in [2.24, 2.45) is 0 Å². The van der Waals surface area contributed by atoms with Crippen molar-refractivity contribution in [3.05, 3.63) is 76.6 Å². The number of fused-ring (bicyclic) bond motifs is 1. The highest BCUT2D eigenvalue weighted by Gasteiger charge is 2.20. The number of aromatic nitrogens is 3. The number of nitrogens with zero attached hydrogens (tertiary/aromatic N) is 3. The molecule has 0 radical (unpaired) electrons. The second-order valence-electron chi connectivity index (χ2n) is 6.68. The summed E-state index contributed by atoms with van der Waals surface area (Å²) in [4.78, 5) is 17.4. The van der Waals surface area contributed by atoms with Gasteiger partial charge in [-0.3, -0.25) is 4.79 Å². The van der Waals surface area contributed by atoms with Crippen molar-refractivity contribution in [2.45, 2.75) is 13.8 Å². The summed E-state index contributed by atoms with van der Waals surface area (Å²) in [6.45, 7) is 3.79. The molecule has 0 spiro atoms. The summed E-state index contributed by atoms with van der Waals surface area (Å²) in [6, 6.07) is 15.2. The summed E-state index contributed by atoms with van der Waals surface area (Å²) in [6.07, 6.45) is 1.48. The first kappa shape index (κ1) is 19.0. The fraction of sp³-hybridized carbons (Fsp3) is 0.136. The molecule has 0 atom stereocenters. The van der Waals surface area contributed by atoms with Gasteiger partial charge in [-0.1, -0.05) is 35.9 Å². The molecule has 0 aliphatic carbocycles. The third-order valence-electron chi connectivity index (χ3n) is 4.66. The van der Waals surface area contributed by atoms with Crippen molar-refractivity contribution in [3.63, 3.8) is 0 Å². The van der Waals surface area contributed by atoms with Crippen LogP contribution in [0.4, 0.5) is 5.69 Å². The van der Waals surface area contributed by atoms with E-state index < -0.39 is 0 Å². The molecule has 0 aliphatic rings. The fourth-order valence-corrected chi connectivity index (χ4v) is 3.58. The maximum absolute atomic E-state index is 12.9. The SMILES string of the molecule is COc1ccc(C)cc1NC(=O)c1cnc2c(c(C)nn2-c2ccccc2)c1Cl. The average molecular weight is 407 g/mol. The molecule has 4 rings (SSSR count). The fourth-order valence-electron chi connectivity index (χ4n) is 3.22. The molecule has 1 amide bonds. The van der Waals surface area contributed by atoms with E-state index in [1.165, 1.54) is 6.20 Å². The minimum Gasteiger partial charge on any atom is -0.495 e. The summed E-state index contributed by atoms with van der Waals surface area (Å²) in [7, 11) is 1.56. The van der Waals surface area contributed by atoms with Crippen molar-refractivity contribution in [1.29, 1.82) is 0 Å². The number of nitrogens with one attached hydrogen (secondary N) is 1. The van der Waals surface area contributed by atoms with E-state index in [1.807, 2.05) is 62.4 Å². The number of pyridine rings is 1. The van der Waals surface area contributed by atoms with Crippen LogP contribution in [0.3, 0.4) is 0 Å². The van der Waals surface area contributed by atoms with Gasteiger partial charge in [-0.05, 0) is 43.7 Å². The highest BCUT2D eigenvalue weighted by Crippen LogP contribution is 2.31. The summed E-state index contributed by atoms with van der Waals surface area (Å²) in [5, 5.41) is 8.40. The molecular weight excluding hydrogens is 388 g/mol. The van der Waals surface area contributed by atoms with Crippen LogP contribution in [0.15, 0.2) is 54.7 Å². The van der Waals surface area contributed by atoms with Crippen LogP contribution in [0.1, 0.15) is 21.6 Å². The molecule has 0 unspecified atom stereocenters. The van der Waals surface area contributed by atoms with Gasteiger partial charge in [0, 0.05) is 6.20 Å². The van der Waals surface area contributed by atoms with E-state index >= 15 is 0 Å². The molecule has 4 aromatic rings. The monoisotopic (exact) mass is 406 g/mol. The van der Waals surface area contributed by atoms with Crippen LogP contribution in [0, 0.1) is 13.8 Å². The number of anilines is 1. The smallest absolute Gasteiger partial charge is 0.258 e. The average Bonchev–Trinajstić information content (AvgIpc) is 3.06. The zero-order valence-electron chi connectivity index (χ0n) is 16.2. The zero-order valence-corrected chi connectivity index (χ0v) is 17.0. The molecule has 2 heterocycles. The first-order chi connectivity index (χ1) is 14.0. The third kappa shape index (κ3) is 3.43. The number of rotatable bonds is 4. The highest BCUT2D eigenvalue weighted by atomic mass is 35.5. The van der Waals surface area contributed by atoms with E-state index in [-0.39, 0.29) is 11.5 Å². The number of para-hydroxylation sites is 1. The van der Waals surface area contributed by atoms with Gasteiger partial charge in [0.1, 0.15) is 5.75 Å². The van der Waals surface area contributed by atoms with E-state index in [4.69, 9.17) is 16.3 Å². The Bertz CT molecular complexity index is 1220. The molecular formula is C22H19ClN4O2. The Morgan fingerprint density at radius 2 is 1.90 bits per heavy atom. The van der Waals surface area contributed by atoms with Crippen LogP contribution in [0.5, 0.6) is 5.75 Å². The van der Waals surface area contributed by atoms with Gasteiger partial charge in [0.05, 0.1) is 40.2 Å². The standard InChI is InChI=1S/C22H19ClN4O2/c1-13-9-10-18(29-3)17(11-13)25-22(28)16-12-24-21-19(20(16)23)14(2)26-27(21)15-7-5-4-6-8-15/h4-12H,1-3H3,(H,25,28). The maximum atomic E-state index is 12.9. The van der Waals surface area contributed by atoms with Crippen LogP contribution in [0.2, 0.25) is 5.02 Å². The predicted octanol–water partition coefficient (Wildman–Crippen LogP) is 4.95. The van der Waals surface area contributed by atoms with Crippen LogP contribution in [0.25, 0.3) is 16.7 Å². The Kier molecular flexibility index (Phi) is 4.94. The third-order valence-corrected chi connectivity index (χ3v) is 5.05. The largest absolute Gasteiger partial charge is 0.495 e. The van der Waals surface area contributed by atoms with E-state index in [1.54, 1.807) is 11.8 Å². The molecule has 2 aromatic carbocycles. The Morgan fingerprint density at radius 1 is 1.14 bits per heavy atom. The molecule has 0 saturated heterocycles. The Morgan fingerprint density at radius 3 is 2.62 bits per heavy atom. The topological polar surface area (TPSA) is 69.0 Å². The molecule has 146 valence electrons. The highest BCUT2D eigenvalue weighted by molar-refractivity contribution is 6.39. The van der Waals surface area contributed by atoms with Gasteiger partial charge in [0.15, 0.2) is 5.65 Å². The lowest BCUT2D eigenvalue weighted by Gasteiger charge is -2.12. The van der Waals surface area contributed by atoms with Gasteiger partial charge in [0.25, 0.3) is 5.91 Å². The number of benzene rings is 2. The van der Waals surface area contributed by atoms with Crippen molar-refractivity contribution in [3.8, 4) is 11.4 Å². The minimum absolute atomic E-state index is 0.276. The first-order valence-electron chi connectivity index (χ1n) is 9.05. The maximum Gasteiger partial charge on any atom is 0.258 e. The molecule has 2 aromatic heterocycles. The lowest BCUT2D eigenvalue weighted by Crippen LogP contribution is -2.14. The predicted molar refractivity (Wildman–Crippen MR) is 114 cm³/mol. The summed E-state index contributed by atoms with van der Waals surface area (Å²) >= 11 is 6.63. The quantitative estimate of drug-likeness (QED) is 0.520. The Hall–Kier alpha value is -3.38. The number of carbonyl (C=O) groups is 1. The molecule has 29 heavy (non-hydrogen) atoms. The van der Waals surface area contributed by atoms with E-state index in [9.17, 15) is 4.79 Å². The zero-order chi connectivity index (χ0) is 20.5. The second-order valence-corrected chi connectivity index (χ2v) is 7.05. The van der Waals surface area contributed by atoms with E-state index in [0.717, 1.165) is 11.3 Å². The summed E-state index contributed by atoms with van der Waals surface area (Å²) < 4.78 is 7.06. The molecule has 0 bridgehead atoms. The summed E-state index contributed by atoms with van der Waals surface area (Å²) in [5.74, 6) is 0.211. The van der Waals surface area contributed by atoms with Crippen LogP contribution in [-0.2, 0) is 0 Å². The second kappa shape index (κ2) is 7.56. The van der Waals surface area contributed by atoms with Gasteiger partial charge in [-0.25, -0.2) is 9.67 Å². The van der Waals surface area contributed by atoms with Gasteiger partial charge >= 0.3 is 0 Å². The van der Waals surface area contributed by atoms with Crippen molar-refractivity contribution in [1.82, 2.24) is 14.8 Å². The normalized spacial score (nSPS) is 10.9. The Labute approximate surface area is 173 Å². The lowest BCUT2D eigenvalue weighted by atomic mass is 10.1.